The van der Waals surface area contributed by atoms with E-state index in [2.05, 4.69) is 36.1 Å². The zero-order valence-corrected chi connectivity index (χ0v) is 23.0. The van der Waals surface area contributed by atoms with Gasteiger partial charge in [0, 0.05) is 44.8 Å². The molecule has 4 aromatic rings. The van der Waals surface area contributed by atoms with Gasteiger partial charge < -0.3 is 9.80 Å². The van der Waals surface area contributed by atoms with Gasteiger partial charge >= 0.3 is 0 Å². The highest BCUT2D eigenvalue weighted by Gasteiger charge is 2.29. The number of benzene rings is 3. The maximum atomic E-state index is 13.3. The maximum Gasteiger partial charge on any atom is 0.253 e. The first-order valence-electron chi connectivity index (χ1n) is 13.0. The maximum absolute atomic E-state index is 13.3. The molecule has 3 aromatic carbocycles. The fraction of sp³-hybridized carbons (Fsp3) is 0.310. The summed E-state index contributed by atoms with van der Waals surface area (Å²) in [7, 11) is -3.63. The number of aryl methyl sites for hydroxylation is 1. The summed E-state index contributed by atoms with van der Waals surface area (Å²) >= 11 is 1.70. The van der Waals surface area contributed by atoms with E-state index in [0.29, 0.717) is 38.2 Å². The molecule has 1 saturated heterocycles. The van der Waals surface area contributed by atoms with Crippen LogP contribution in [-0.4, -0.2) is 61.2 Å². The molecule has 0 spiro atoms. The Hall–Kier alpha value is -3.27. The van der Waals surface area contributed by atoms with Gasteiger partial charge in [0.15, 0.2) is 5.13 Å². The molecule has 1 fully saturated rings. The van der Waals surface area contributed by atoms with E-state index in [0.717, 1.165) is 35.7 Å². The first kappa shape index (κ1) is 25.0. The third-order valence-electron chi connectivity index (χ3n) is 7.54. The summed E-state index contributed by atoms with van der Waals surface area (Å²) in [6, 6.07) is 20.7. The van der Waals surface area contributed by atoms with Crippen LogP contribution in [0.15, 0.2) is 71.6 Å². The van der Waals surface area contributed by atoms with Crippen LogP contribution in [0.5, 0.6) is 0 Å². The highest BCUT2D eigenvalue weighted by Crippen LogP contribution is 2.32. The largest absolute Gasteiger partial charge is 0.345 e. The molecule has 0 unspecified atom stereocenters. The van der Waals surface area contributed by atoms with E-state index in [9.17, 15) is 13.2 Å². The Balaban J connectivity index is 1.11. The van der Waals surface area contributed by atoms with Crippen LogP contribution in [0, 0.1) is 0 Å². The number of anilines is 1. The van der Waals surface area contributed by atoms with Gasteiger partial charge in [0.2, 0.25) is 10.0 Å². The minimum atomic E-state index is -3.63. The fourth-order valence-corrected chi connectivity index (χ4v) is 7.78. The first-order valence-corrected chi connectivity index (χ1v) is 15.3. The van der Waals surface area contributed by atoms with Gasteiger partial charge in [-0.3, -0.25) is 4.79 Å². The molecule has 6 rings (SSSR count). The number of carbonyl (C=O) groups excluding carboxylic acids is 1. The third-order valence-corrected chi connectivity index (χ3v) is 10.5. The van der Waals surface area contributed by atoms with Crippen molar-refractivity contribution < 1.29 is 13.2 Å². The van der Waals surface area contributed by atoms with Crippen molar-refractivity contribution in [2.45, 2.75) is 31.2 Å². The Bertz CT molecular complexity index is 1590. The molecule has 2 aliphatic rings. The smallest absolute Gasteiger partial charge is 0.253 e. The molecule has 196 valence electrons. The summed E-state index contributed by atoms with van der Waals surface area (Å²) in [5.74, 6) is -0.0712. The average molecular weight is 547 g/mol. The van der Waals surface area contributed by atoms with Crippen molar-refractivity contribution in [3.63, 3.8) is 0 Å². The molecule has 7 nitrogen and oxygen atoms in total. The molecular formula is C29H30N4O3S2. The lowest BCUT2D eigenvalue weighted by molar-refractivity contribution is 0.0746. The summed E-state index contributed by atoms with van der Waals surface area (Å²) < 4.78 is 29.3. The number of hydrogen-bond acceptors (Lipinski definition) is 6. The quantitative estimate of drug-likeness (QED) is 0.367. The van der Waals surface area contributed by atoms with Gasteiger partial charge in [-0.25, -0.2) is 13.4 Å². The molecule has 9 heteroatoms. The zero-order valence-electron chi connectivity index (χ0n) is 21.3. The minimum Gasteiger partial charge on any atom is -0.345 e. The molecule has 0 N–H and O–H groups in total. The van der Waals surface area contributed by atoms with Gasteiger partial charge in [-0.05, 0) is 59.9 Å². The Labute approximate surface area is 227 Å². The Morgan fingerprint density at radius 2 is 1.63 bits per heavy atom. The van der Waals surface area contributed by atoms with E-state index in [1.165, 1.54) is 20.1 Å². The summed E-state index contributed by atoms with van der Waals surface area (Å²) in [5, 5.41) is 1.00. The summed E-state index contributed by atoms with van der Waals surface area (Å²) in [5.41, 5.74) is 5.10. The molecule has 1 amide bonds. The monoisotopic (exact) mass is 546 g/mol. The van der Waals surface area contributed by atoms with Crippen molar-refractivity contribution in [2.75, 3.05) is 37.6 Å². The number of nitrogens with zero attached hydrogens (tertiary/aromatic N) is 4. The van der Waals surface area contributed by atoms with E-state index < -0.39 is 10.0 Å². The molecule has 3 heterocycles. The van der Waals surface area contributed by atoms with Gasteiger partial charge in [-0.1, -0.05) is 54.7 Å². The number of hydrogen-bond donors (Lipinski definition) is 0. The van der Waals surface area contributed by atoms with Gasteiger partial charge in [0.25, 0.3) is 5.91 Å². The van der Waals surface area contributed by atoms with Crippen LogP contribution in [-0.2, 0) is 29.4 Å². The van der Waals surface area contributed by atoms with E-state index in [1.807, 2.05) is 23.1 Å². The van der Waals surface area contributed by atoms with E-state index in [1.54, 1.807) is 35.6 Å². The van der Waals surface area contributed by atoms with Gasteiger partial charge in [-0.2, -0.15) is 4.31 Å². The number of rotatable bonds is 5. The Morgan fingerprint density at radius 3 is 2.37 bits per heavy atom. The normalized spacial score (nSPS) is 16.6. The second kappa shape index (κ2) is 10.1. The fourth-order valence-electron chi connectivity index (χ4n) is 5.29. The second-order valence-corrected chi connectivity index (χ2v) is 12.7. The summed E-state index contributed by atoms with van der Waals surface area (Å²) in [6.45, 7) is 5.61. The van der Waals surface area contributed by atoms with Crippen LogP contribution in [0.3, 0.4) is 0 Å². The van der Waals surface area contributed by atoms with Gasteiger partial charge in [-0.15, -0.1) is 0 Å². The number of piperazine rings is 1. The third kappa shape index (κ3) is 4.59. The predicted molar refractivity (Wildman–Crippen MR) is 151 cm³/mol. The topological polar surface area (TPSA) is 73.8 Å². The molecule has 2 aliphatic heterocycles. The van der Waals surface area contributed by atoms with Crippen LogP contribution in [0.25, 0.3) is 10.2 Å². The number of fused-ring (bicyclic) bond motifs is 2. The zero-order chi connectivity index (χ0) is 26.3. The van der Waals surface area contributed by atoms with Crippen LogP contribution >= 0.6 is 11.3 Å². The highest BCUT2D eigenvalue weighted by molar-refractivity contribution is 7.89. The van der Waals surface area contributed by atoms with E-state index >= 15 is 0 Å². The summed E-state index contributed by atoms with van der Waals surface area (Å²) in [6.07, 6.45) is 1.66. The van der Waals surface area contributed by atoms with Crippen molar-refractivity contribution in [1.82, 2.24) is 14.2 Å². The lowest BCUT2D eigenvalue weighted by Gasteiger charge is -2.34. The molecule has 38 heavy (non-hydrogen) atoms. The number of amides is 1. The number of sulfonamides is 1. The van der Waals surface area contributed by atoms with Crippen molar-refractivity contribution in [3.8, 4) is 0 Å². The first-order chi connectivity index (χ1) is 18.4. The predicted octanol–water partition coefficient (Wildman–Crippen LogP) is 4.57. The summed E-state index contributed by atoms with van der Waals surface area (Å²) in [4.78, 5) is 22.4. The van der Waals surface area contributed by atoms with Crippen LogP contribution in [0.4, 0.5) is 5.13 Å². The van der Waals surface area contributed by atoms with E-state index in [-0.39, 0.29) is 10.8 Å². The van der Waals surface area contributed by atoms with Crippen molar-refractivity contribution in [1.29, 1.82) is 0 Å². The van der Waals surface area contributed by atoms with Gasteiger partial charge in [0.05, 0.1) is 15.1 Å². The number of aromatic nitrogens is 1. The molecule has 0 radical (unpaired) electrons. The lowest BCUT2D eigenvalue weighted by atomic mass is 10.0. The van der Waals surface area contributed by atoms with Crippen molar-refractivity contribution in [3.05, 3.63) is 89.0 Å². The number of carbonyl (C=O) groups is 1. The highest BCUT2D eigenvalue weighted by atomic mass is 32.2. The van der Waals surface area contributed by atoms with Crippen molar-refractivity contribution in [2.24, 2.45) is 0 Å². The number of para-hydroxylation sites is 1. The Morgan fingerprint density at radius 1 is 0.895 bits per heavy atom. The molecule has 1 aromatic heterocycles. The van der Waals surface area contributed by atoms with Crippen molar-refractivity contribution >= 4 is 42.6 Å². The van der Waals surface area contributed by atoms with Gasteiger partial charge in [0.1, 0.15) is 0 Å². The Kier molecular flexibility index (Phi) is 6.67. The number of thiazole rings is 1. The van der Waals surface area contributed by atoms with Crippen LogP contribution in [0.1, 0.15) is 34.0 Å². The molecule has 0 saturated carbocycles. The minimum absolute atomic E-state index is 0.0712. The SMILES string of the molecule is CCc1cccc2sc(N3CCN(C(=O)c4ccc(S(=O)(=O)N5CCc6ccccc6C5)cc4)CC3)nc12. The molecule has 0 atom stereocenters. The molecular weight excluding hydrogens is 516 g/mol. The standard InChI is InChI=1S/C29H30N4O3S2/c1-2-21-8-5-9-26-27(21)30-29(37-26)32-18-16-31(17-19-32)28(34)23-10-12-25(13-11-23)38(35,36)33-15-14-22-6-3-4-7-24(22)20-33/h3-13H,2,14-20H2,1H3. The second-order valence-electron chi connectivity index (χ2n) is 9.77. The average Bonchev–Trinajstić information content (AvgIpc) is 3.41. The molecule has 0 aliphatic carbocycles. The van der Waals surface area contributed by atoms with E-state index in [4.69, 9.17) is 4.98 Å². The van der Waals surface area contributed by atoms with Crippen LogP contribution in [0.2, 0.25) is 0 Å². The van der Waals surface area contributed by atoms with Crippen LogP contribution < -0.4 is 4.90 Å². The lowest BCUT2D eigenvalue weighted by Crippen LogP contribution is -2.48. The molecule has 0 bridgehead atoms.